The second-order valence-corrected chi connectivity index (χ2v) is 8.44. The third-order valence-corrected chi connectivity index (χ3v) is 6.55. The summed E-state index contributed by atoms with van der Waals surface area (Å²) in [7, 11) is 0. The maximum atomic E-state index is 12.8. The number of piperidine rings is 1. The van der Waals surface area contributed by atoms with Crippen molar-refractivity contribution < 1.29 is 14.3 Å². The second kappa shape index (κ2) is 8.97. The SMILES string of the molecule is CC(Nc1nccc(N2CCOC2=O)n1)C1CCN(C(=O)C2CCCCC2)CC1. The van der Waals surface area contributed by atoms with E-state index in [0.29, 0.717) is 36.7 Å². The number of carbonyl (C=O) groups is 2. The lowest BCUT2D eigenvalue weighted by Gasteiger charge is -2.37. The minimum absolute atomic E-state index is 0.197. The predicted octanol–water partition coefficient (Wildman–Crippen LogP) is 3.05. The highest BCUT2D eigenvalue weighted by Gasteiger charge is 2.31. The van der Waals surface area contributed by atoms with Crippen LogP contribution in [0.2, 0.25) is 0 Å². The number of carbonyl (C=O) groups excluding carboxylic acids is 2. The first-order valence-corrected chi connectivity index (χ1v) is 10.9. The fourth-order valence-electron chi connectivity index (χ4n) is 4.72. The molecule has 1 atom stereocenters. The lowest BCUT2D eigenvalue weighted by Crippen LogP contribution is -2.45. The Balaban J connectivity index is 1.29. The summed E-state index contributed by atoms with van der Waals surface area (Å²) in [6, 6.07) is 1.92. The second-order valence-electron chi connectivity index (χ2n) is 8.44. The van der Waals surface area contributed by atoms with Crippen molar-refractivity contribution in [1.29, 1.82) is 0 Å². The molecule has 1 saturated carbocycles. The number of cyclic esters (lactones) is 1. The molecule has 0 bridgehead atoms. The van der Waals surface area contributed by atoms with E-state index in [1.54, 1.807) is 12.3 Å². The van der Waals surface area contributed by atoms with E-state index in [4.69, 9.17) is 4.74 Å². The van der Waals surface area contributed by atoms with Crippen molar-refractivity contribution in [3.05, 3.63) is 12.3 Å². The minimum Gasteiger partial charge on any atom is -0.447 e. The molecule has 29 heavy (non-hydrogen) atoms. The highest BCUT2D eigenvalue weighted by molar-refractivity contribution is 5.88. The lowest BCUT2D eigenvalue weighted by molar-refractivity contribution is -0.138. The zero-order valence-corrected chi connectivity index (χ0v) is 17.2. The van der Waals surface area contributed by atoms with Crippen molar-refractivity contribution in [2.45, 2.75) is 57.9 Å². The monoisotopic (exact) mass is 401 g/mol. The highest BCUT2D eigenvalue weighted by Crippen LogP contribution is 2.29. The Hall–Kier alpha value is -2.38. The van der Waals surface area contributed by atoms with Crippen LogP contribution in [-0.4, -0.2) is 59.2 Å². The van der Waals surface area contributed by atoms with Gasteiger partial charge in [-0.3, -0.25) is 9.69 Å². The molecular formula is C21H31N5O3. The van der Waals surface area contributed by atoms with Crippen molar-refractivity contribution in [2.24, 2.45) is 11.8 Å². The van der Waals surface area contributed by atoms with Crippen LogP contribution in [0.1, 0.15) is 51.9 Å². The van der Waals surface area contributed by atoms with Crippen LogP contribution in [0, 0.1) is 11.8 Å². The molecule has 8 nitrogen and oxygen atoms in total. The molecule has 0 aromatic carbocycles. The summed E-state index contributed by atoms with van der Waals surface area (Å²) < 4.78 is 4.98. The fourth-order valence-corrected chi connectivity index (χ4v) is 4.72. The Morgan fingerprint density at radius 3 is 2.62 bits per heavy atom. The molecule has 4 rings (SSSR count). The number of ether oxygens (including phenoxy) is 1. The molecule has 1 unspecified atom stereocenters. The Morgan fingerprint density at radius 1 is 1.17 bits per heavy atom. The molecule has 1 aliphatic carbocycles. The Kier molecular flexibility index (Phi) is 6.16. The molecule has 0 spiro atoms. The predicted molar refractivity (Wildman–Crippen MR) is 110 cm³/mol. The molecule has 2 amide bonds. The molecule has 1 N–H and O–H groups in total. The Morgan fingerprint density at radius 2 is 1.93 bits per heavy atom. The van der Waals surface area contributed by atoms with E-state index in [1.165, 1.54) is 24.2 Å². The molecule has 2 saturated heterocycles. The van der Waals surface area contributed by atoms with Gasteiger partial charge in [-0.15, -0.1) is 0 Å². The molecule has 3 aliphatic rings. The first-order chi connectivity index (χ1) is 14.1. The molecule has 1 aromatic heterocycles. The third-order valence-electron chi connectivity index (χ3n) is 6.55. The average molecular weight is 402 g/mol. The van der Waals surface area contributed by atoms with Gasteiger partial charge >= 0.3 is 6.09 Å². The van der Waals surface area contributed by atoms with Crippen molar-refractivity contribution in [3.8, 4) is 0 Å². The summed E-state index contributed by atoms with van der Waals surface area (Å²) in [5, 5.41) is 3.39. The number of anilines is 2. The van der Waals surface area contributed by atoms with Crippen LogP contribution in [-0.2, 0) is 9.53 Å². The standard InChI is InChI=1S/C21H31N5O3/c1-15(23-20-22-10-7-18(24-20)26-13-14-29-21(26)28)16-8-11-25(12-9-16)19(27)17-5-3-2-4-6-17/h7,10,15-17H,2-6,8-9,11-14H2,1H3,(H,22,23,24). The van der Waals surface area contributed by atoms with E-state index in [2.05, 4.69) is 27.1 Å². The van der Waals surface area contributed by atoms with Crippen molar-refractivity contribution >= 4 is 23.8 Å². The van der Waals surface area contributed by atoms with Gasteiger partial charge in [0, 0.05) is 31.2 Å². The highest BCUT2D eigenvalue weighted by atomic mass is 16.6. The number of nitrogens with zero attached hydrogens (tertiary/aromatic N) is 4. The fraction of sp³-hybridized carbons (Fsp3) is 0.714. The number of hydrogen-bond donors (Lipinski definition) is 1. The maximum absolute atomic E-state index is 12.8. The number of aromatic nitrogens is 2. The van der Waals surface area contributed by atoms with Gasteiger partial charge in [0.1, 0.15) is 12.4 Å². The van der Waals surface area contributed by atoms with Gasteiger partial charge in [0.05, 0.1) is 6.54 Å². The topological polar surface area (TPSA) is 87.7 Å². The van der Waals surface area contributed by atoms with E-state index in [0.717, 1.165) is 38.8 Å². The summed E-state index contributed by atoms with van der Waals surface area (Å²) >= 11 is 0. The largest absolute Gasteiger partial charge is 0.447 e. The summed E-state index contributed by atoms with van der Waals surface area (Å²) in [4.78, 5) is 36.9. The maximum Gasteiger partial charge on any atom is 0.415 e. The van der Waals surface area contributed by atoms with Gasteiger partial charge in [-0.1, -0.05) is 19.3 Å². The van der Waals surface area contributed by atoms with Crippen molar-refractivity contribution in [3.63, 3.8) is 0 Å². The first kappa shape index (κ1) is 19.9. The van der Waals surface area contributed by atoms with Crippen LogP contribution in [0.4, 0.5) is 16.6 Å². The van der Waals surface area contributed by atoms with Crippen LogP contribution >= 0.6 is 0 Å². The van der Waals surface area contributed by atoms with E-state index >= 15 is 0 Å². The van der Waals surface area contributed by atoms with Gasteiger partial charge in [-0.05, 0) is 44.6 Å². The molecule has 158 valence electrons. The smallest absolute Gasteiger partial charge is 0.415 e. The van der Waals surface area contributed by atoms with Crippen LogP contribution in [0.3, 0.4) is 0 Å². The lowest BCUT2D eigenvalue weighted by atomic mass is 9.86. The van der Waals surface area contributed by atoms with E-state index < -0.39 is 0 Å². The average Bonchev–Trinajstić information content (AvgIpc) is 3.20. The van der Waals surface area contributed by atoms with Crippen LogP contribution < -0.4 is 10.2 Å². The van der Waals surface area contributed by atoms with Gasteiger partial charge in [-0.25, -0.2) is 9.78 Å². The van der Waals surface area contributed by atoms with Crippen LogP contribution in [0.15, 0.2) is 12.3 Å². The van der Waals surface area contributed by atoms with E-state index in [1.807, 2.05) is 0 Å². The van der Waals surface area contributed by atoms with Gasteiger partial charge in [0.15, 0.2) is 0 Å². The number of rotatable bonds is 5. The van der Waals surface area contributed by atoms with E-state index in [-0.39, 0.29) is 18.1 Å². The number of hydrogen-bond acceptors (Lipinski definition) is 6. The Bertz CT molecular complexity index is 729. The van der Waals surface area contributed by atoms with Gasteiger partial charge in [0.2, 0.25) is 11.9 Å². The first-order valence-electron chi connectivity index (χ1n) is 10.9. The Labute approximate surface area is 172 Å². The zero-order valence-electron chi connectivity index (χ0n) is 17.2. The van der Waals surface area contributed by atoms with Crippen molar-refractivity contribution in [2.75, 3.05) is 36.5 Å². The molecule has 3 fully saturated rings. The molecule has 2 aliphatic heterocycles. The molecule has 3 heterocycles. The summed E-state index contributed by atoms with van der Waals surface area (Å²) in [6.45, 7) is 4.72. The normalized spacial score (nSPS) is 22.4. The van der Waals surface area contributed by atoms with Crippen LogP contribution in [0.5, 0.6) is 0 Å². The molecule has 8 heteroatoms. The van der Waals surface area contributed by atoms with Gasteiger partial charge < -0.3 is 15.0 Å². The minimum atomic E-state index is -0.363. The molecule has 1 aromatic rings. The van der Waals surface area contributed by atoms with Crippen LogP contribution in [0.25, 0.3) is 0 Å². The number of nitrogens with one attached hydrogen (secondary N) is 1. The number of amides is 2. The van der Waals surface area contributed by atoms with Gasteiger partial charge in [-0.2, -0.15) is 4.98 Å². The molecule has 0 radical (unpaired) electrons. The molecular weight excluding hydrogens is 370 g/mol. The quantitative estimate of drug-likeness (QED) is 0.816. The van der Waals surface area contributed by atoms with Gasteiger partial charge in [0.25, 0.3) is 0 Å². The third kappa shape index (κ3) is 4.62. The summed E-state index contributed by atoms with van der Waals surface area (Å²) in [6.07, 6.45) is 9.08. The zero-order chi connectivity index (χ0) is 20.2. The van der Waals surface area contributed by atoms with E-state index in [9.17, 15) is 9.59 Å². The van der Waals surface area contributed by atoms with Crippen molar-refractivity contribution in [1.82, 2.24) is 14.9 Å². The summed E-state index contributed by atoms with van der Waals surface area (Å²) in [5.41, 5.74) is 0. The summed E-state index contributed by atoms with van der Waals surface area (Å²) in [5.74, 6) is 2.18. The number of likely N-dealkylation sites (tertiary alicyclic amines) is 1.